The van der Waals surface area contributed by atoms with E-state index in [0.717, 1.165) is 22.3 Å². The number of phenols is 1. The van der Waals surface area contributed by atoms with E-state index < -0.39 is 72.4 Å². The highest BCUT2D eigenvalue weighted by atomic mass is 16.5. The molecule has 2 saturated heterocycles. The smallest absolute Gasteiger partial charge is 0.407 e. The van der Waals surface area contributed by atoms with Crippen molar-refractivity contribution < 1.29 is 43.4 Å². The summed E-state index contributed by atoms with van der Waals surface area (Å²) in [7, 11) is 0. The Morgan fingerprint density at radius 1 is 0.726 bits per heavy atom. The summed E-state index contributed by atoms with van der Waals surface area (Å²) in [6.45, 7) is 3.83. The summed E-state index contributed by atoms with van der Waals surface area (Å²) in [5, 5.41) is 32.2. The molecular weight excluding hydrogens is 799 g/mol. The molecule has 3 aliphatic carbocycles. The Labute approximate surface area is 357 Å². The Hall–Kier alpha value is -6.53. The highest BCUT2D eigenvalue weighted by molar-refractivity contribution is 5.93. The van der Waals surface area contributed by atoms with Crippen LogP contribution in [0.1, 0.15) is 36.5 Å². The van der Waals surface area contributed by atoms with Crippen LogP contribution < -0.4 is 48.3 Å². The molecule has 18 heteroatoms. The van der Waals surface area contributed by atoms with Gasteiger partial charge in [0.15, 0.2) is 0 Å². The molecule has 326 valence electrons. The minimum atomic E-state index is -1.02. The van der Waals surface area contributed by atoms with Gasteiger partial charge in [-0.1, -0.05) is 60.7 Å². The Kier molecular flexibility index (Phi) is 11.9. The van der Waals surface area contributed by atoms with Crippen molar-refractivity contribution >= 4 is 41.5 Å². The maximum atomic E-state index is 13.3. The molecule has 11 atom stereocenters. The van der Waals surface area contributed by atoms with Crippen molar-refractivity contribution in [1.82, 2.24) is 42.5 Å². The quantitative estimate of drug-likeness (QED) is 0.0823. The zero-order valence-corrected chi connectivity index (χ0v) is 34.2. The second-order valence-electron chi connectivity index (χ2n) is 16.9. The fourth-order valence-electron chi connectivity index (χ4n) is 9.42. The number of carbonyl (C=O) groups excluding carboxylic acids is 7. The summed E-state index contributed by atoms with van der Waals surface area (Å²) >= 11 is 0. The van der Waals surface area contributed by atoms with Gasteiger partial charge in [-0.2, -0.15) is 0 Å². The molecular formula is C44H51N9O9. The summed E-state index contributed by atoms with van der Waals surface area (Å²) in [6.07, 6.45) is -0.603. The number of amides is 7. The topological polar surface area (TPSA) is 271 Å². The van der Waals surface area contributed by atoms with Gasteiger partial charge in [0, 0.05) is 49.3 Å². The molecule has 3 aromatic carbocycles. The highest BCUT2D eigenvalue weighted by Crippen LogP contribution is 2.47. The minimum Gasteiger partial charge on any atom is -0.508 e. The fourth-order valence-corrected chi connectivity index (χ4v) is 9.42. The first-order valence-electron chi connectivity index (χ1n) is 20.9. The Bertz CT molecular complexity index is 2230. The molecule has 8 rings (SSSR count). The number of phenolic OH excluding ortho intramolecular Hbond substituents is 1. The first-order valence-corrected chi connectivity index (χ1v) is 20.9. The number of nitrogens with two attached hydrogens (primary N) is 1. The molecule has 2 saturated carbocycles. The van der Waals surface area contributed by atoms with E-state index in [1.807, 2.05) is 36.4 Å². The van der Waals surface area contributed by atoms with E-state index in [1.165, 1.54) is 12.1 Å². The highest BCUT2D eigenvalue weighted by Gasteiger charge is 2.62. The second kappa shape index (κ2) is 17.4. The van der Waals surface area contributed by atoms with Crippen LogP contribution in [0.5, 0.6) is 5.75 Å². The van der Waals surface area contributed by atoms with Gasteiger partial charge in [-0.25, -0.2) is 4.79 Å². The lowest BCUT2D eigenvalue weighted by atomic mass is 9.98. The number of nitrogens with one attached hydrogen (secondary N) is 8. The monoisotopic (exact) mass is 849 g/mol. The van der Waals surface area contributed by atoms with Crippen molar-refractivity contribution in [2.24, 2.45) is 29.4 Å². The van der Waals surface area contributed by atoms with E-state index in [2.05, 4.69) is 54.7 Å². The van der Waals surface area contributed by atoms with Gasteiger partial charge >= 0.3 is 6.09 Å². The van der Waals surface area contributed by atoms with Gasteiger partial charge in [-0.05, 0) is 65.6 Å². The standard InChI is InChI=1S/C44H51N9O9/c1-20(40(57)52-35-28-16-46-37(33(28)35)42(59)48-18-32(55)51-31(39(45)56)15-22-11-13-23(54)14-12-22)49-43(60)38-34-29(17-47-38)36(34)53-41(58)21(2)50-44(61)62-19-30-26-9-5-3-7-24(26)25-8-4-6-10-27(25)30/h3-14,20-21,28-31,33-38,46-47,54H,15-19H2,1-2H3,(H2,45,56)(H,48,59)(H,49,60)(H,50,61)(H,51,55)(H,52,57)(H,53,58)/t20-,21-,28-,29-,31-,33-,34-,35+,36+,37-,38-/m0/s1. The summed E-state index contributed by atoms with van der Waals surface area (Å²) in [5.41, 5.74) is 10.5. The largest absolute Gasteiger partial charge is 0.508 e. The average molecular weight is 850 g/mol. The lowest BCUT2D eigenvalue weighted by Crippen LogP contribution is -2.54. The number of hydrogen-bond donors (Lipinski definition) is 10. The van der Waals surface area contributed by atoms with Crippen LogP contribution in [-0.4, -0.2) is 115 Å². The maximum absolute atomic E-state index is 13.3. The molecule has 11 N–H and O–H groups in total. The number of piperidine rings is 2. The molecule has 0 aromatic heterocycles. The first-order chi connectivity index (χ1) is 29.8. The Morgan fingerprint density at radius 3 is 1.82 bits per heavy atom. The third-order valence-electron chi connectivity index (χ3n) is 12.9. The van der Waals surface area contributed by atoms with Crippen molar-refractivity contribution in [1.29, 1.82) is 0 Å². The maximum Gasteiger partial charge on any atom is 0.407 e. The molecule has 2 aliphatic heterocycles. The molecule has 0 bridgehead atoms. The zero-order valence-electron chi connectivity index (χ0n) is 34.2. The van der Waals surface area contributed by atoms with Gasteiger partial charge in [0.25, 0.3) is 0 Å². The predicted octanol–water partition coefficient (Wildman–Crippen LogP) is -1.14. The number of primary amides is 1. The van der Waals surface area contributed by atoms with Crippen molar-refractivity contribution in [3.63, 3.8) is 0 Å². The summed E-state index contributed by atoms with van der Waals surface area (Å²) in [5.74, 6) is -3.44. The van der Waals surface area contributed by atoms with Crippen molar-refractivity contribution in [3.05, 3.63) is 89.5 Å². The van der Waals surface area contributed by atoms with E-state index in [0.29, 0.717) is 18.7 Å². The van der Waals surface area contributed by atoms with Crippen LogP contribution in [0.3, 0.4) is 0 Å². The molecule has 0 spiro atoms. The number of aromatic hydroxyl groups is 1. The van der Waals surface area contributed by atoms with Gasteiger partial charge in [-0.3, -0.25) is 28.8 Å². The Morgan fingerprint density at radius 2 is 1.26 bits per heavy atom. The number of carbonyl (C=O) groups is 7. The van der Waals surface area contributed by atoms with Gasteiger partial charge in [-0.15, -0.1) is 0 Å². The van der Waals surface area contributed by atoms with E-state index in [-0.39, 0.29) is 66.4 Å². The molecule has 2 heterocycles. The van der Waals surface area contributed by atoms with Crippen LogP contribution in [0.15, 0.2) is 72.8 Å². The number of rotatable bonds is 16. The van der Waals surface area contributed by atoms with Crippen LogP contribution in [0.25, 0.3) is 11.1 Å². The van der Waals surface area contributed by atoms with Crippen LogP contribution in [-0.2, 0) is 39.9 Å². The number of ether oxygens (including phenoxy) is 1. The molecule has 18 nitrogen and oxygen atoms in total. The molecule has 7 amide bonds. The van der Waals surface area contributed by atoms with Crippen molar-refractivity contribution in [2.75, 3.05) is 26.2 Å². The van der Waals surface area contributed by atoms with E-state index in [4.69, 9.17) is 10.5 Å². The van der Waals surface area contributed by atoms with Crippen LogP contribution >= 0.6 is 0 Å². The van der Waals surface area contributed by atoms with Crippen molar-refractivity contribution in [2.45, 2.75) is 68.5 Å². The van der Waals surface area contributed by atoms with E-state index in [9.17, 15) is 38.7 Å². The van der Waals surface area contributed by atoms with Crippen LogP contribution in [0.4, 0.5) is 4.79 Å². The molecule has 0 unspecified atom stereocenters. The molecule has 62 heavy (non-hydrogen) atoms. The number of hydrogen-bond acceptors (Lipinski definition) is 11. The summed E-state index contributed by atoms with van der Waals surface area (Å²) in [6, 6.07) is 17.5. The Balaban J connectivity index is 0.737. The minimum absolute atomic E-state index is 0.00916. The zero-order chi connectivity index (χ0) is 43.8. The normalized spacial score (nSPS) is 26.2. The van der Waals surface area contributed by atoms with Gasteiger partial charge in [0.05, 0.1) is 18.6 Å². The number of alkyl carbamates (subject to hydrolysis) is 1. The molecule has 5 aliphatic rings. The third kappa shape index (κ3) is 8.78. The molecule has 3 aromatic rings. The molecule has 0 radical (unpaired) electrons. The van der Waals surface area contributed by atoms with Crippen LogP contribution in [0.2, 0.25) is 0 Å². The summed E-state index contributed by atoms with van der Waals surface area (Å²) in [4.78, 5) is 90.1. The van der Waals surface area contributed by atoms with Crippen LogP contribution in [0, 0.1) is 23.7 Å². The average Bonchev–Trinajstić information content (AvgIpc) is 3.83. The second-order valence-corrected chi connectivity index (χ2v) is 16.9. The SMILES string of the molecule is C[C@H](NC(=O)OCC1c2ccccc2-c2ccccc21)C(=O)N[C@@H]1[C@H]2CN[C@H](C(=O)N[C@@H](C)C(=O)N[C@@H]3[C@H]4CN[C@H](C(=O)NCC(=O)N[C@@H](Cc5ccc(O)cc5)C(N)=O)[C@@H]43)[C@@H]21. The van der Waals surface area contributed by atoms with E-state index >= 15 is 0 Å². The fraction of sp³-hybridized carbons (Fsp3) is 0.432. The summed E-state index contributed by atoms with van der Waals surface area (Å²) < 4.78 is 5.60. The number of benzene rings is 3. The predicted molar refractivity (Wildman–Crippen MR) is 223 cm³/mol. The van der Waals surface area contributed by atoms with Crippen molar-refractivity contribution in [3.8, 4) is 16.9 Å². The lowest BCUT2D eigenvalue weighted by molar-refractivity contribution is -0.130. The van der Waals surface area contributed by atoms with E-state index in [1.54, 1.807) is 26.0 Å². The van der Waals surface area contributed by atoms with Gasteiger partial charge in [0.1, 0.15) is 30.5 Å². The van der Waals surface area contributed by atoms with Gasteiger partial charge < -0.3 is 58.1 Å². The first kappa shape index (κ1) is 42.2. The third-order valence-corrected chi connectivity index (χ3v) is 12.9. The van der Waals surface area contributed by atoms with Gasteiger partial charge in [0.2, 0.25) is 35.4 Å². The molecule has 4 fully saturated rings. The number of fused-ring (bicyclic) bond motifs is 5. The lowest BCUT2D eigenvalue weighted by Gasteiger charge is -2.21.